The Bertz CT molecular complexity index is 834. The van der Waals surface area contributed by atoms with Crippen molar-refractivity contribution in [2.24, 2.45) is 5.73 Å². The third kappa shape index (κ3) is 3.33. The van der Waals surface area contributed by atoms with Crippen molar-refractivity contribution in [1.82, 2.24) is 14.7 Å². The first-order valence-electron chi connectivity index (χ1n) is 8.71. The second-order valence-electron chi connectivity index (χ2n) is 7.00. The second-order valence-corrected chi connectivity index (χ2v) is 7.00. The highest BCUT2D eigenvalue weighted by atomic mass is 16.5. The standard InChI is InChI=1S/C17H21BN4O4/c19-14-9-21(10-14)6-11-5-20-22(7-11)8-13-2-1-12-3-4-18(25)26-16(12)15(13)17(23)24/h1-2,5,7,14,25H,3-4,6,8-10,19H2,(H,23,24). The van der Waals surface area contributed by atoms with Gasteiger partial charge in [0, 0.05) is 37.4 Å². The van der Waals surface area contributed by atoms with Gasteiger partial charge in [-0.15, -0.1) is 0 Å². The molecule has 2 aliphatic rings. The van der Waals surface area contributed by atoms with Gasteiger partial charge in [-0.2, -0.15) is 5.10 Å². The number of carboxylic acids is 1. The number of aromatic nitrogens is 2. The van der Waals surface area contributed by atoms with Crippen LogP contribution in [0.2, 0.25) is 6.32 Å². The highest BCUT2D eigenvalue weighted by Gasteiger charge is 2.29. The number of aromatic carboxylic acids is 1. The average molecular weight is 356 g/mol. The van der Waals surface area contributed by atoms with E-state index in [9.17, 15) is 14.9 Å². The fraction of sp³-hybridized carbons (Fsp3) is 0.412. The molecule has 1 fully saturated rings. The summed E-state index contributed by atoms with van der Waals surface area (Å²) in [7, 11) is -0.963. The number of carbonyl (C=O) groups is 1. The van der Waals surface area contributed by atoms with E-state index in [0.29, 0.717) is 24.8 Å². The summed E-state index contributed by atoms with van der Waals surface area (Å²) < 4.78 is 7.14. The molecular weight excluding hydrogens is 335 g/mol. The summed E-state index contributed by atoms with van der Waals surface area (Å²) in [6.07, 6.45) is 4.78. The van der Waals surface area contributed by atoms with E-state index in [1.807, 2.05) is 12.3 Å². The molecule has 0 bridgehead atoms. The maximum Gasteiger partial charge on any atom is 0.522 e. The third-order valence-electron chi connectivity index (χ3n) is 4.86. The van der Waals surface area contributed by atoms with Crippen LogP contribution in [0.1, 0.15) is 27.0 Å². The molecule has 0 saturated carbocycles. The Balaban J connectivity index is 1.55. The van der Waals surface area contributed by atoms with Crippen molar-refractivity contribution in [3.8, 4) is 5.75 Å². The zero-order valence-electron chi connectivity index (χ0n) is 14.3. The number of likely N-dealkylation sites (tertiary alicyclic amines) is 1. The molecule has 4 N–H and O–H groups in total. The molecule has 0 atom stereocenters. The zero-order chi connectivity index (χ0) is 18.3. The van der Waals surface area contributed by atoms with Crippen molar-refractivity contribution in [3.63, 3.8) is 0 Å². The van der Waals surface area contributed by atoms with E-state index >= 15 is 0 Å². The summed E-state index contributed by atoms with van der Waals surface area (Å²) in [5.74, 6) is -0.788. The predicted molar refractivity (Wildman–Crippen MR) is 95.1 cm³/mol. The van der Waals surface area contributed by atoms with Gasteiger partial charge in [-0.05, 0) is 23.9 Å². The minimum Gasteiger partial charge on any atom is -0.535 e. The number of rotatable bonds is 5. The minimum absolute atomic E-state index is 0.104. The van der Waals surface area contributed by atoms with E-state index in [2.05, 4.69) is 10.00 Å². The maximum atomic E-state index is 11.8. The molecule has 26 heavy (non-hydrogen) atoms. The summed E-state index contributed by atoms with van der Waals surface area (Å²) in [4.78, 5) is 14.0. The van der Waals surface area contributed by atoms with Crippen molar-refractivity contribution in [2.75, 3.05) is 13.1 Å². The van der Waals surface area contributed by atoms with Crippen LogP contribution in [0.25, 0.3) is 0 Å². The van der Waals surface area contributed by atoms with E-state index in [4.69, 9.17) is 10.4 Å². The number of hydrogen-bond donors (Lipinski definition) is 3. The Hall–Kier alpha value is -2.36. The summed E-state index contributed by atoms with van der Waals surface area (Å²) >= 11 is 0. The average Bonchev–Trinajstić information content (AvgIpc) is 3.00. The quantitative estimate of drug-likeness (QED) is 0.655. The molecule has 9 heteroatoms. The van der Waals surface area contributed by atoms with Crippen LogP contribution in [0.4, 0.5) is 0 Å². The Morgan fingerprint density at radius 2 is 2.19 bits per heavy atom. The maximum absolute atomic E-state index is 11.8. The lowest BCUT2D eigenvalue weighted by Gasteiger charge is -2.36. The van der Waals surface area contributed by atoms with Crippen LogP contribution in [0, 0.1) is 0 Å². The Kier molecular flexibility index (Phi) is 4.43. The monoisotopic (exact) mass is 356 g/mol. The lowest BCUT2D eigenvalue weighted by molar-refractivity contribution is 0.0693. The van der Waals surface area contributed by atoms with E-state index in [1.54, 1.807) is 16.9 Å². The van der Waals surface area contributed by atoms with Gasteiger partial charge in [0.2, 0.25) is 0 Å². The van der Waals surface area contributed by atoms with Crippen molar-refractivity contribution < 1.29 is 19.6 Å². The number of nitrogens with zero attached hydrogens (tertiary/aromatic N) is 3. The number of aryl methyl sites for hydroxylation is 1. The van der Waals surface area contributed by atoms with E-state index < -0.39 is 13.1 Å². The van der Waals surface area contributed by atoms with E-state index in [1.165, 1.54) is 0 Å². The molecule has 136 valence electrons. The van der Waals surface area contributed by atoms with Crippen LogP contribution in [0.15, 0.2) is 24.5 Å². The molecule has 0 radical (unpaired) electrons. The minimum atomic E-state index is -1.06. The van der Waals surface area contributed by atoms with Gasteiger partial charge < -0.3 is 20.5 Å². The lowest BCUT2D eigenvalue weighted by atomic mass is 9.78. The molecule has 3 heterocycles. The first kappa shape index (κ1) is 17.1. The van der Waals surface area contributed by atoms with Crippen molar-refractivity contribution >= 4 is 13.1 Å². The van der Waals surface area contributed by atoms with Gasteiger partial charge in [-0.1, -0.05) is 12.1 Å². The number of carboxylic acid groups (broad SMARTS) is 1. The van der Waals surface area contributed by atoms with Gasteiger partial charge in [0.25, 0.3) is 0 Å². The number of fused-ring (bicyclic) bond motifs is 1. The summed E-state index contributed by atoms with van der Waals surface area (Å²) in [5, 5.41) is 23.7. The fourth-order valence-corrected chi connectivity index (χ4v) is 3.58. The van der Waals surface area contributed by atoms with Crippen LogP contribution in [0.3, 0.4) is 0 Å². The van der Waals surface area contributed by atoms with Gasteiger partial charge in [0.15, 0.2) is 0 Å². The number of hydrogen-bond acceptors (Lipinski definition) is 6. The van der Waals surface area contributed by atoms with Crippen molar-refractivity contribution in [1.29, 1.82) is 0 Å². The third-order valence-corrected chi connectivity index (χ3v) is 4.86. The van der Waals surface area contributed by atoms with Gasteiger partial charge in [0.1, 0.15) is 11.3 Å². The molecule has 8 nitrogen and oxygen atoms in total. The smallest absolute Gasteiger partial charge is 0.522 e. The second kappa shape index (κ2) is 6.75. The van der Waals surface area contributed by atoms with Gasteiger partial charge in [-0.25, -0.2) is 4.79 Å². The Labute approximate surface area is 151 Å². The molecule has 0 spiro atoms. The van der Waals surface area contributed by atoms with Crippen molar-refractivity contribution in [3.05, 3.63) is 46.8 Å². The van der Waals surface area contributed by atoms with Gasteiger partial charge in [-0.3, -0.25) is 9.58 Å². The lowest BCUT2D eigenvalue weighted by Crippen LogP contribution is -2.54. The number of benzene rings is 1. The topological polar surface area (TPSA) is 114 Å². The van der Waals surface area contributed by atoms with Crippen LogP contribution >= 0.6 is 0 Å². The Morgan fingerprint density at radius 3 is 2.92 bits per heavy atom. The summed E-state index contributed by atoms with van der Waals surface area (Å²) in [6.45, 7) is 2.89. The van der Waals surface area contributed by atoms with Crippen molar-refractivity contribution in [2.45, 2.75) is 31.9 Å². The largest absolute Gasteiger partial charge is 0.535 e. The summed E-state index contributed by atoms with van der Waals surface area (Å²) in [6, 6.07) is 3.93. The fourth-order valence-electron chi connectivity index (χ4n) is 3.58. The first-order valence-corrected chi connectivity index (χ1v) is 8.71. The molecule has 1 aromatic heterocycles. The molecule has 0 unspecified atom stereocenters. The Morgan fingerprint density at radius 1 is 1.38 bits per heavy atom. The van der Waals surface area contributed by atoms with E-state index in [0.717, 1.165) is 30.8 Å². The van der Waals surface area contributed by atoms with Crippen LogP contribution < -0.4 is 10.4 Å². The molecule has 1 saturated heterocycles. The number of nitrogens with two attached hydrogens (primary N) is 1. The van der Waals surface area contributed by atoms with Crippen LogP contribution in [-0.2, 0) is 19.5 Å². The molecular formula is C17H21BN4O4. The molecule has 1 aromatic carbocycles. The zero-order valence-corrected chi connectivity index (χ0v) is 14.3. The van der Waals surface area contributed by atoms with Crippen LogP contribution in [0.5, 0.6) is 5.75 Å². The first-order chi connectivity index (χ1) is 12.5. The summed E-state index contributed by atoms with van der Waals surface area (Å²) in [5.41, 5.74) is 8.38. The van der Waals surface area contributed by atoms with Gasteiger partial charge in [0.05, 0.1) is 12.7 Å². The van der Waals surface area contributed by atoms with Crippen LogP contribution in [-0.4, -0.2) is 57.0 Å². The van der Waals surface area contributed by atoms with E-state index in [-0.39, 0.29) is 17.4 Å². The molecule has 0 aliphatic carbocycles. The molecule has 4 rings (SSSR count). The molecule has 2 aliphatic heterocycles. The predicted octanol–water partition coefficient (Wildman–Crippen LogP) is 0.188. The SMILES string of the molecule is NC1CN(Cc2cnn(Cc3ccc4c(c3C(=O)O)OB(O)CC4)c2)C1. The highest BCUT2D eigenvalue weighted by molar-refractivity contribution is 6.44. The van der Waals surface area contributed by atoms with Gasteiger partial charge >= 0.3 is 13.1 Å². The molecule has 2 aromatic rings. The normalized spacial score (nSPS) is 17.5. The highest BCUT2D eigenvalue weighted by Crippen LogP contribution is 2.33. The molecule has 0 amide bonds.